The van der Waals surface area contributed by atoms with E-state index in [2.05, 4.69) is 23.0 Å². The molecule has 3 heteroatoms. The van der Waals surface area contributed by atoms with Crippen LogP contribution in [0.2, 0.25) is 0 Å². The van der Waals surface area contributed by atoms with Gasteiger partial charge in [0, 0.05) is 25.2 Å². The highest BCUT2D eigenvalue weighted by molar-refractivity contribution is 7.98. The number of fused-ring (bicyclic) bond motifs is 1. The first kappa shape index (κ1) is 14.7. The van der Waals surface area contributed by atoms with Gasteiger partial charge in [-0.05, 0) is 57.2 Å². The van der Waals surface area contributed by atoms with Crippen LogP contribution >= 0.6 is 11.8 Å². The predicted octanol–water partition coefficient (Wildman–Crippen LogP) is 3.08. The number of thioether (sulfide) groups is 1. The smallest absolute Gasteiger partial charge is 0.0223 e. The summed E-state index contributed by atoms with van der Waals surface area (Å²) in [7, 11) is 0. The molecule has 0 amide bonds. The van der Waals surface area contributed by atoms with Crippen molar-refractivity contribution in [1.82, 2.24) is 9.80 Å². The monoisotopic (exact) mass is 270 g/mol. The molecular formula is C15H30N2S. The lowest BCUT2D eigenvalue weighted by atomic mass is 9.95. The molecule has 2 rings (SSSR count). The van der Waals surface area contributed by atoms with Crippen molar-refractivity contribution >= 4 is 11.8 Å². The van der Waals surface area contributed by atoms with Crippen molar-refractivity contribution in [2.75, 3.05) is 38.2 Å². The molecule has 0 spiro atoms. The van der Waals surface area contributed by atoms with E-state index in [4.69, 9.17) is 0 Å². The molecule has 106 valence electrons. The van der Waals surface area contributed by atoms with E-state index in [-0.39, 0.29) is 0 Å². The molecule has 18 heavy (non-hydrogen) atoms. The topological polar surface area (TPSA) is 6.48 Å². The first-order valence-corrected chi connectivity index (χ1v) is 9.21. The third kappa shape index (κ3) is 3.88. The van der Waals surface area contributed by atoms with Gasteiger partial charge in [0.05, 0.1) is 0 Å². The molecule has 0 saturated carbocycles. The summed E-state index contributed by atoms with van der Waals surface area (Å²) in [5, 5.41) is 0. The summed E-state index contributed by atoms with van der Waals surface area (Å²) < 4.78 is 0. The van der Waals surface area contributed by atoms with Gasteiger partial charge >= 0.3 is 0 Å². The number of piperidine rings is 1. The minimum absolute atomic E-state index is 0.827. The van der Waals surface area contributed by atoms with Crippen LogP contribution in [0.5, 0.6) is 0 Å². The van der Waals surface area contributed by atoms with Gasteiger partial charge in [-0.25, -0.2) is 0 Å². The van der Waals surface area contributed by atoms with Gasteiger partial charge in [0.1, 0.15) is 0 Å². The Hall–Kier alpha value is 0.270. The fourth-order valence-electron chi connectivity index (χ4n) is 3.54. The summed E-state index contributed by atoms with van der Waals surface area (Å²) >= 11 is 1.99. The molecular weight excluding hydrogens is 240 g/mol. The highest BCUT2D eigenvalue weighted by Gasteiger charge is 2.33. The standard InChI is InChI=1S/C15H30N2S/c1-3-14-12-17-9-5-4-8-15(17)13-16(14)10-6-7-11-18-2/h14-15H,3-13H2,1-2H3. The second-order valence-electron chi connectivity index (χ2n) is 5.90. The average molecular weight is 270 g/mol. The maximum Gasteiger partial charge on any atom is 0.0223 e. The molecule has 0 N–H and O–H groups in total. The Morgan fingerprint density at radius 3 is 2.83 bits per heavy atom. The Kier molecular flexibility index (Phi) is 6.33. The SMILES string of the molecule is CCC1CN2CCCCC2CN1CCCCSC. The third-order valence-corrected chi connectivity index (χ3v) is 5.37. The molecule has 0 aliphatic carbocycles. The van der Waals surface area contributed by atoms with Crippen molar-refractivity contribution in [3.8, 4) is 0 Å². The second-order valence-corrected chi connectivity index (χ2v) is 6.89. The molecule has 0 aromatic heterocycles. The lowest BCUT2D eigenvalue weighted by molar-refractivity contribution is 0.00713. The van der Waals surface area contributed by atoms with E-state index in [1.54, 1.807) is 0 Å². The Labute approximate surface area is 117 Å². The Morgan fingerprint density at radius 2 is 2.06 bits per heavy atom. The van der Waals surface area contributed by atoms with Gasteiger partial charge < -0.3 is 0 Å². The fraction of sp³-hybridized carbons (Fsp3) is 1.00. The summed E-state index contributed by atoms with van der Waals surface area (Å²) in [5.41, 5.74) is 0. The van der Waals surface area contributed by atoms with Crippen molar-refractivity contribution in [2.24, 2.45) is 0 Å². The number of unbranched alkanes of at least 4 members (excludes halogenated alkanes) is 1. The summed E-state index contributed by atoms with van der Waals surface area (Å²) in [6.45, 7) is 7.75. The van der Waals surface area contributed by atoms with Crippen molar-refractivity contribution in [3.05, 3.63) is 0 Å². The summed E-state index contributed by atoms with van der Waals surface area (Å²) in [6, 6.07) is 1.70. The zero-order valence-corrected chi connectivity index (χ0v) is 13.1. The van der Waals surface area contributed by atoms with Crippen LogP contribution in [-0.2, 0) is 0 Å². The quantitative estimate of drug-likeness (QED) is 0.685. The number of piperazine rings is 1. The minimum atomic E-state index is 0.827. The van der Waals surface area contributed by atoms with Crippen molar-refractivity contribution < 1.29 is 0 Å². The third-order valence-electron chi connectivity index (χ3n) is 4.67. The fourth-order valence-corrected chi connectivity index (χ4v) is 4.03. The molecule has 2 atom stereocenters. The minimum Gasteiger partial charge on any atom is -0.298 e. The summed E-state index contributed by atoms with van der Waals surface area (Å²) in [4.78, 5) is 5.57. The van der Waals surface area contributed by atoms with Crippen LogP contribution in [0.4, 0.5) is 0 Å². The highest BCUT2D eigenvalue weighted by Crippen LogP contribution is 2.25. The Balaban J connectivity index is 1.80. The van der Waals surface area contributed by atoms with Crippen LogP contribution in [0.3, 0.4) is 0 Å². The summed E-state index contributed by atoms with van der Waals surface area (Å²) in [6.07, 6.45) is 10.7. The first-order valence-electron chi connectivity index (χ1n) is 7.82. The van der Waals surface area contributed by atoms with E-state index in [0.29, 0.717) is 0 Å². The number of hydrogen-bond donors (Lipinski definition) is 0. The van der Waals surface area contributed by atoms with E-state index in [0.717, 1.165) is 12.1 Å². The van der Waals surface area contributed by atoms with Gasteiger partial charge in [-0.3, -0.25) is 9.80 Å². The second kappa shape index (κ2) is 7.76. The van der Waals surface area contributed by atoms with E-state index in [1.165, 1.54) is 70.5 Å². The molecule has 0 radical (unpaired) electrons. The zero-order chi connectivity index (χ0) is 12.8. The maximum absolute atomic E-state index is 2.80. The molecule has 0 aromatic carbocycles. The van der Waals surface area contributed by atoms with Gasteiger partial charge in [0.25, 0.3) is 0 Å². The van der Waals surface area contributed by atoms with Gasteiger partial charge in [-0.1, -0.05) is 13.3 Å². The molecule has 2 aliphatic rings. The molecule has 2 nitrogen and oxygen atoms in total. The van der Waals surface area contributed by atoms with E-state index in [9.17, 15) is 0 Å². The van der Waals surface area contributed by atoms with Gasteiger partial charge in [0.2, 0.25) is 0 Å². The molecule has 2 saturated heterocycles. The van der Waals surface area contributed by atoms with Crippen molar-refractivity contribution in [3.63, 3.8) is 0 Å². The largest absolute Gasteiger partial charge is 0.298 e. The van der Waals surface area contributed by atoms with Crippen LogP contribution in [0.1, 0.15) is 45.4 Å². The number of nitrogens with zero attached hydrogens (tertiary/aromatic N) is 2. The normalized spacial score (nSPS) is 30.3. The lowest BCUT2D eigenvalue weighted by Gasteiger charge is -2.48. The number of hydrogen-bond acceptors (Lipinski definition) is 3. The molecule has 2 heterocycles. The van der Waals surface area contributed by atoms with E-state index < -0.39 is 0 Å². The summed E-state index contributed by atoms with van der Waals surface area (Å²) in [5.74, 6) is 1.33. The van der Waals surface area contributed by atoms with E-state index in [1.807, 2.05) is 11.8 Å². The van der Waals surface area contributed by atoms with Crippen molar-refractivity contribution in [1.29, 1.82) is 0 Å². The van der Waals surface area contributed by atoms with Crippen LogP contribution in [0.15, 0.2) is 0 Å². The predicted molar refractivity (Wildman–Crippen MR) is 82.5 cm³/mol. The van der Waals surface area contributed by atoms with Gasteiger partial charge in [-0.2, -0.15) is 11.8 Å². The van der Waals surface area contributed by atoms with Crippen molar-refractivity contribution in [2.45, 2.75) is 57.5 Å². The molecule has 2 unspecified atom stereocenters. The molecule has 0 bridgehead atoms. The lowest BCUT2D eigenvalue weighted by Crippen LogP contribution is -2.59. The molecule has 2 aliphatic heterocycles. The maximum atomic E-state index is 2.80. The first-order chi connectivity index (χ1) is 8.85. The van der Waals surface area contributed by atoms with Gasteiger partial charge in [0.15, 0.2) is 0 Å². The van der Waals surface area contributed by atoms with Crippen LogP contribution < -0.4 is 0 Å². The highest BCUT2D eigenvalue weighted by atomic mass is 32.2. The Bertz CT molecular complexity index is 235. The Morgan fingerprint density at radius 1 is 1.17 bits per heavy atom. The van der Waals surface area contributed by atoms with Crippen LogP contribution in [0.25, 0.3) is 0 Å². The molecule has 2 fully saturated rings. The van der Waals surface area contributed by atoms with Crippen LogP contribution in [-0.4, -0.2) is 60.1 Å². The zero-order valence-electron chi connectivity index (χ0n) is 12.2. The van der Waals surface area contributed by atoms with E-state index >= 15 is 0 Å². The van der Waals surface area contributed by atoms with Gasteiger partial charge in [-0.15, -0.1) is 0 Å². The van der Waals surface area contributed by atoms with Crippen LogP contribution in [0, 0.1) is 0 Å². The number of rotatable bonds is 6. The molecule has 0 aromatic rings. The average Bonchev–Trinajstić information content (AvgIpc) is 2.42.